The number of piperidine rings is 1. The van der Waals surface area contributed by atoms with Gasteiger partial charge in [0.15, 0.2) is 0 Å². The van der Waals surface area contributed by atoms with E-state index in [2.05, 4.69) is 5.32 Å². The standard InChI is InChI=1S/C24H25FN4O3/c1-16-21(23(31)27(2)24(32)29(16)20-9-4-3-5-10-20)28-13-11-17(12-14-28)22(30)26-19-8-6-7-18(25)15-19/h3-10,15,17H,11-14H2,1-2H3,(H,26,30). The number of aromatic nitrogens is 2. The van der Waals surface area contributed by atoms with Crippen molar-refractivity contribution in [2.24, 2.45) is 13.0 Å². The van der Waals surface area contributed by atoms with Gasteiger partial charge in [-0.25, -0.2) is 9.18 Å². The van der Waals surface area contributed by atoms with Crippen molar-refractivity contribution < 1.29 is 9.18 Å². The number of hydrogen-bond acceptors (Lipinski definition) is 4. The molecule has 7 nitrogen and oxygen atoms in total. The number of nitrogens with zero attached hydrogens (tertiary/aromatic N) is 3. The van der Waals surface area contributed by atoms with E-state index in [0.29, 0.717) is 48.7 Å². The SMILES string of the molecule is Cc1c(N2CCC(C(=O)Nc3cccc(F)c3)CC2)c(=O)n(C)c(=O)n1-c1ccccc1. The molecule has 0 atom stereocenters. The van der Waals surface area contributed by atoms with Gasteiger partial charge in [0.1, 0.15) is 11.5 Å². The van der Waals surface area contributed by atoms with E-state index in [1.807, 2.05) is 35.2 Å². The highest BCUT2D eigenvalue weighted by atomic mass is 19.1. The Morgan fingerprint density at radius 1 is 1.03 bits per heavy atom. The Balaban J connectivity index is 1.56. The monoisotopic (exact) mass is 436 g/mol. The highest BCUT2D eigenvalue weighted by Gasteiger charge is 2.28. The Kier molecular flexibility index (Phi) is 5.94. The van der Waals surface area contributed by atoms with Crippen molar-refractivity contribution in [3.8, 4) is 5.69 Å². The van der Waals surface area contributed by atoms with E-state index in [1.165, 1.54) is 19.2 Å². The summed E-state index contributed by atoms with van der Waals surface area (Å²) in [5.74, 6) is -0.801. The molecular weight excluding hydrogens is 411 g/mol. The second-order valence-corrected chi connectivity index (χ2v) is 8.01. The molecule has 1 N–H and O–H groups in total. The fourth-order valence-corrected chi connectivity index (χ4v) is 4.22. The third kappa shape index (κ3) is 4.08. The molecule has 0 saturated carbocycles. The van der Waals surface area contributed by atoms with Crippen molar-refractivity contribution >= 4 is 17.3 Å². The molecule has 1 aliphatic rings. The molecule has 166 valence electrons. The van der Waals surface area contributed by atoms with Crippen LogP contribution in [0.1, 0.15) is 18.5 Å². The molecule has 32 heavy (non-hydrogen) atoms. The fourth-order valence-electron chi connectivity index (χ4n) is 4.22. The number of halogens is 1. The lowest BCUT2D eigenvalue weighted by atomic mass is 9.95. The number of amides is 1. The summed E-state index contributed by atoms with van der Waals surface area (Å²) in [5, 5.41) is 2.77. The molecular formula is C24H25FN4O3. The molecule has 1 aliphatic heterocycles. The van der Waals surface area contributed by atoms with E-state index in [1.54, 1.807) is 23.6 Å². The molecule has 4 rings (SSSR count). The lowest BCUT2D eigenvalue weighted by Gasteiger charge is -2.34. The van der Waals surface area contributed by atoms with Gasteiger partial charge in [-0.1, -0.05) is 24.3 Å². The Hall–Kier alpha value is -3.68. The summed E-state index contributed by atoms with van der Waals surface area (Å²) in [5.41, 5.74) is 1.43. The van der Waals surface area contributed by atoms with E-state index in [0.717, 1.165) is 4.57 Å². The zero-order valence-corrected chi connectivity index (χ0v) is 18.0. The second-order valence-electron chi connectivity index (χ2n) is 8.01. The maximum atomic E-state index is 13.4. The summed E-state index contributed by atoms with van der Waals surface area (Å²) in [6.45, 7) is 2.78. The van der Waals surface area contributed by atoms with E-state index in [4.69, 9.17) is 0 Å². The first kappa shape index (κ1) is 21.5. The highest BCUT2D eigenvalue weighted by molar-refractivity contribution is 5.92. The molecule has 1 saturated heterocycles. The van der Waals surface area contributed by atoms with Crippen molar-refractivity contribution in [1.82, 2.24) is 9.13 Å². The summed E-state index contributed by atoms with van der Waals surface area (Å²) in [6.07, 6.45) is 1.10. The van der Waals surface area contributed by atoms with E-state index in [-0.39, 0.29) is 17.4 Å². The maximum Gasteiger partial charge on any atom is 0.335 e. The molecule has 0 radical (unpaired) electrons. The van der Waals surface area contributed by atoms with Gasteiger partial charge in [0, 0.05) is 31.7 Å². The fraction of sp³-hybridized carbons (Fsp3) is 0.292. The predicted octanol–water partition coefficient (Wildman–Crippen LogP) is 2.84. The van der Waals surface area contributed by atoms with Crippen LogP contribution in [-0.4, -0.2) is 28.1 Å². The molecule has 0 spiro atoms. The number of hydrogen-bond donors (Lipinski definition) is 1. The van der Waals surface area contributed by atoms with Crippen LogP contribution in [0.15, 0.2) is 64.2 Å². The zero-order chi connectivity index (χ0) is 22.8. The van der Waals surface area contributed by atoms with Crippen molar-refractivity contribution in [2.45, 2.75) is 19.8 Å². The van der Waals surface area contributed by atoms with Crippen molar-refractivity contribution in [3.63, 3.8) is 0 Å². The van der Waals surface area contributed by atoms with Gasteiger partial charge in [0.25, 0.3) is 5.56 Å². The third-order valence-electron chi connectivity index (χ3n) is 5.95. The molecule has 2 heterocycles. The van der Waals surface area contributed by atoms with E-state index in [9.17, 15) is 18.8 Å². The summed E-state index contributed by atoms with van der Waals surface area (Å²) in [4.78, 5) is 40.4. The molecule has 0 aliphatic carbocycles. The quantitative estimate of drug-likeness (QED) is 0.683. The molecule has 3 aromatic rings. The minimum Gasteiger partial charge on any atom is -0.366 e. The van der Waals surface area contributed by atoms with Gasteiger partial charge in [0.2, 0.25) is 5.91 Å². The first-order chi connectivity index (χ1) is 15.4. The molecule has 2 aromatic carbocycles. The number of para-hydroxylation sites is 1. The molecule has 0 bridgehead atoms. The van der Waals surface area contributed by atoms with Gasteiger partial charge < -0.3 is 10.2 Å². The van der Waals surface area contributed by atoms with Gasteiger partial charge in [0.05, 0.1) is 11.4 Å². The molecule has 1 amide bonds. The Labute approximate surface area is 184 Å². The smallest absolute Gasteiger partial charge is 0.335 e. The van der Waals surface area contributed by atoms with Gasteiger partial charge in [-0.2, -0.15) is 0 Å². The minimum absolute atomic E-state index is 0.158. The number of benzene rings is 2. The van der Waals surface area contributed by atoms with Crippen LogP contribution in [-0.2, 0) is 11.8 Å². The Bertz CT molecular complexity index is 1260. The lowest BCUT2D eigenvalue weighted by Crippen LogP contribution is -2.46. The average molecular weight is 436 g/mol. The van der Waals surface area contributed by atoms with E-state index < -0.39 is 11.5 Å². The highest BCUT2D eigenvalue weighted by Crippen LogP contribution is 2.25. The minimum atomic E-state index is -0.405. The number of rotatable bonds is 4. The molecule has 1 aromatic heterocycles. The number of nitrogens with one attached hydrogen (secondary N) is 1. The van der Waals surface area contributed by atoms with Crippen LogP contribution >= 0.6 is 0 Å². The largest absolute Gasteiger partial charge is 0.366 e. The van der Waals surface area contributed by atoms with Gasteiger partial charge in [-0.15, -0.1) is 0 Å². The third-order valence-corrected chi connectivity index (χ3v) is 5.95. The van der Waals surface area contributed by atoms with Crippen LogP contribution in [0.4, 0.5) is 15.8 Å². The number of carbonyl (C=O) groups is 1. The average Bonchev–Trinajstić information content (AvgIpc) is 2.79. The van der Waals surface area contributed by atoms with Crippen LogP contribution in [0, 0.1) is 18.7 Å². The summed E-state index contributed by atoms with van der Waals surface area (Å²) in [7, 11) is 1.48. The topological polar surface area (TPSA) is 76.3 Å². The molecule has 0 unspecified atom stereocenters. The lowest BCUT2D eigenvalue weighted by molar-refractivity contribution is -0.120. The van der Waals surface area contributed by atoms with Crippen LogP contribution in [0.5, 0.6) is 0 Å². The molecule has 1 fully saturated rings. The van der Waals surface area contributed by atoms with Crippen molar-refractivity contribution in [3.05, 3.63) is 86.9 Å². The summed E-state index contributed by atoms with van der Waals surface area (Å²) in [6, 6.07) is 15.0. The molecule has 8 heteroatoms. The number of anilines is 2. The van der Waals surface area contributed by atoms with E-state index >= 15 is 0 Å². The van der Waals surface area contributed by atoms with Gasteiger partial charge >= 0.3 is 5.69 Å². The second kappa shape index (κ2) is 8.82. The van der Waals surface area contributed by atoms with Crippen LogP contribution < -0.4 is 21.5 Å². The summed E-state index contributed by atoms with van der Waals surface area (Å²) >= 11 is 0. The maximum absolute atomic E-state index is 13.4. The zero-order valence-electron chi connectivity index (χ0n) is 18.0. The van der Waals surface area contributed by atoms with Crippen molar-refractivity contribution in [1.29, 1.82) is 0 Å². The van der Waals surface area contributed by atoms with Crippen LogP contribution in [0.25, 0.3) is 5.69 Å². The summed E-state index contributed by atoms with van der Waals surface area (Å²) < 4.78 is 16.0. The Morgan fingerprint density at radius 2 is 1.72 bits per heavy atom. The normalized spacial score (nSPS) is 14.4. The Morgan fingerprint density at radius 3 is 2.38 bits per heavy atom. The van der Waals surface area contributed by atoms with Crippen LogP contribution in [0.3, 0.4) is 0 Å². The number of carbonyl (C=O) groups excluding carboxylic acids is 1. The van der Waals surface area contributed by atoms with Gasteiger partial charge in [-0.05, 0) is 50.1 Å². The predicted molar refractivity (Wildman–Crippen MR) is 122 cm³/mol. The van der Waals surface area contributed by atoms with Crippen LogP contribution in [0.2, 0.25) is 0 Å². The van der Waals surface area contributed by atoms with Gasteiger partial charge in [-0.3, -0.25) is 18.7 Å². The first-order valence-corrected chi connectivity index (χ1v) is 10.6. The van der Waals surface area contributed by atoms with Crippen molar-refractivity contribution in [2.75, 3.05) is 23.3 Å². The first-order valence-electron chi connectivity index (χ1n) is 10.6.